The van der Waals surface area contributed by atoms with Gasteiger partial charge in [-0.05, 0) is 50.1 Å². The lowest BCUT2D eigenvalue weighted by atomic mass is 10.1. The zero-order chi connectivity index (χ0) is 21.8. The molecule has 0 spiro atoms. The molecule has 9 nitrogen and oxygen atoms in total. The molecule has 9 heteroatoms. The molecule has 0 unspecified atom stereocenters. The van der Waals surface area contributed by atoms with Crippen molar-refractivity contribution in [3.8, 4) is 0 Å². The molecule has 0 aliphatic rings. The summed E-state index contributed by atoms with van der Waals surface area (Å²) < 4.78 is 1.81. The SMILES string of the molecule is CCn1cc2ncc(N[C@@H](C)c3cccc(NC(=O)Nc4cncc(C)c4)c3)nc2n1. The van der Waals surface area contributed by atoms with Gasteiger partial charge in [0, 0.05) is 18.4 Å². The summed E-state index contributed by atoms with van der Waals surface area (Å²) in [6.07, 6.45) is 6.92. The normalized spacial score (nSPS) is 11.8. The third-order valence-corrected chi connectivity index (χ3v) is 4.74. The number of amides is 2. The predicted octanol–water partition coefficient (Wildman–Crippen LogP) is 4.37. The second-order valence-corrected chi connectivity index (χ2v) is 7.27. The number of nitrogens with zero attached hydrogens (tertiary/aromatic N) is 5. The van der Waals surface area contributed by atoms with Crippen LogP contribution in [0.3, 0.4) is 0 Å². The lowest BCUT2D eigenvalue weighted by Gasteiger charge is -2.16. The zero-order valence-electron chi connectivity index (χ0n) is 17.6. The number of pyridine rings is 1. The maximum Gasteiger partial charge on any atom is 0.323 e. The molecule has 0 saturated heterocycles. The van der Waals surface area contributed by atoms with Crippen LogP contribution in [0.15, 0.2) is 55.1 Å². The Morgan fingerprint density at radius 3 is 2.77 bits per heavy atom. The first kappa shape index (κ1) is 20.3. The number of rotatable bonds is 6. The number of urea groups is 1. The number of hydrogen-bond donors (Lipinski definition) is 3. The summed E-state index contributed by atoms with van der Waals surface area (Å²) in [4.78, 5) is 25.4. The quantitative estimate of drug-likeness (QED) is 0.431. The van der Waals surface area contributed by atoms with E-state index in [9.17, 15) is 4.79 Å². The first-order valence-corrected chi connectivity index (χ1v) is 10.1. The van der Waals surface area contributed by atoms with E-state index in [-0.39, 0.29) is 12.1 Å². The Morgan fingerprint density at radius 1 is 1.13 bits per heavy atom. The minimum absolute atomic E-state index is 0.0502. The van der Waals surface area contributed by atoms with Crippen LogP contribution in [0.5, 0.6) is 0 Å². The van der Waals surface area contributed by atoms with Crippen molar-refractivity contribution >= 4 is 34.4 Å². The van der Waals surface area contributed by atoms with E-state index in [0.717, 1.165) is 23.2 Å². The van der Waals surface area contributed by atoms with Gasteiger partial charge in [0.1, 0.15) is 11.3 Å². The van der Waals surface area contributed by atoms with E-state index in [1.54, 1.807) is 18.6 Å². The molecule has 0 bridgehead atoms. The van der Waals surface area contributed by atoms with Gasteiger partial charge in [0.25, 0.3) is 0 Å². The van der Waals surface area contributed by atoms with Crippen molar-refractivity contribution in [1.82, 2.24) is 24.7 Å². The number of carbonyl (C=O) groups excluding carboxylic acids is 1. The van der Waals surface area contributed by atoms with E-state index in [2.05, 4.69) is 36.0 Å². The summed E-state index contributed by atoms with van der Waals surface area (Å²) in [6.45, 7) is 6.73. The molecule has 1 atom stereocenters. The van der Waals surface area contributed by atoms with Gasteiger partial charge in [-0.15, -0.1) is 0 Å². The lowest BCUT2D eigenvalue weighted by Crippen LogP contribution is -2.19. The van der Waals surface area contributed by atoms with Crippen molar-refractivity contribution in [2.75, 3.05) is 16.0 Å². The molecular weight excluding hydrogens is 392 g/mol. The number of aromatic nitrogens is 5. The molecule has 0 aliphatic heterocycles. The van der Waals surface area contributed by atoms with Crippen molar-refractivity contribution in [3.05, 3.63) is 66.2 Å². The Morgan fingerprint density at radius 2 is 1.97 bits per heavy atom. The Hall–Kier alpha value is -4.01. The highest BCUT2D eigenvalue weighted by atomic mass is 16.2. The number of hydrogen-bond acceptors (Lipinski definition) is 6. The van der Waals surface area contributed by atoms with Crippen LogP contribution in [0.25, 0.3) is 11.2 Å². The van der Waals surface area contributed by atoms with Crippen LogP contribution in [0.1, 0.15) is 31.0 Å². The van der Waals surface area contributed by atoms with Crippen molar-refractivity contribution in [1.29, 1.82) is 0 Å². The van der Waals surface area contributed by atoms with E-state index in [0.29, 0.717) is 22.8 Å². The predicted molar refractivity (Wildman–Crippen MR) is 121 cm³/mol. The van der Waals surface area contributed by atoms with Gasteiger partial charge >= 0.3 is 6.03 Å². The highest BCUT2D eigenvalue weighted by Crippen LogP contribution is 2.22. The third kappa shape index (κ3) is 4.95. The largest absolute Gasteiger partial charge is 0.362 e. The number of fused-ring (bicyclic) bond motifs is 1. The maximum atomic E-state index is 12.3. The second-order valence-electron chi connectivity index (χ2n) is 7.27. The molecule has 3 N–H and O–H groups in total. The van der Waals surface area contributed by atoms with Crippen LogP contribution in [0.4, 0.5) is 22.0 Å². The standard InChI is InChI=1S/C22H24N8O/c1-4-30-13-19-21(29-30)28-20(12-24-19)25-15(3)16-6-5-7-17(9-16)26-22(31)27-18-8-14(2)10-23-11-18/h5-13,15H,4H2,1-3H3,(H,25,28,29)(H2,26,27,31)/t15-/m0/s1. The van der Waals surface area contributed by atoms with Crippen molar-refractivity contribution < 1.29 is 4.79 Å². The van der Waals surface area contributed by atoms with Crippen molar-refractivity contribution in [2.45, 2.75) is 33.4 Å². The summed E-state index contributed by atoms with van der Waals surface area (Å²) in [6, 6.07) is 9.13. The summed E-state index contributed by atoms with van der Waals surface area (Å²) in [5, 5.41) is 13.4. The number of anilines is 3. The van der Waals surface area contributed by atoms with E-state index in [1.165, 1.54) is 0 Å². The van der Waals surface area contributed by atoms with E-state index in [4.69, 9.17) is 0 Å². The Labute approximate surface area is 179 Å². The van der Waals surface area contributed by atoms with Crippen LogP contribution in [0, 0.1) is 6.92 Å². The molecule has 3 aromatic heterocycles. The van der Waals surface area contributed by atoms with E-state index >= 15 is 0 Å². The minimum Gasteiger partial charge on any atom is -0.362 e. The summed E-state index contributed by atoms with van der Waals surface area (Å²) >= 11 is 0. The minimum atomic E-state index is -0.326. The van der Waals surface area contributed by atoms with Gasteiger partial charge in [0.2, 0.25) is 5.65 Å². The first-order chi connectivity index (χ1) is 15.0. The monoisotopic (exact) mass is 416 g/mol. The molecule has 0 radical (unpaired) electrons. The Kier molecular flexibility index (Phi) is 5.74. The van der Waals surface area contributed by atoms with E-state index < -0.39 is 0 Å². The van der Waals surface area contributed by atoms with Gasteiger partial charge in [-0.1, -0.05) is 12.1 Å². The van der Waals surface area contributed by atoms with Crippen LogP contribution in [-0.4, -0.2) is 30.8 Å². The second kappa shape index (κ2) is 8.78. The Balaban J connectivity index is 1.42. The first-order valence-electron chi connectivity index (χ1n) is 10.1. The molecule has 0 aliphatic carbocycles. The summed E-state index contributed by atoms with van der Waals surface area (Å²) in [7, 11) is 0. The van der Waals surface area contributed by atoms with Gasteiger partial charge in [-0.3, -0.25) is 9.67 Å². The maximum absolute atomic E-state index is 12.3. The van der Waals surface area contributed by atoms with Crippen molar-refractivity contribution in [2.24, 2.45) is 0 Å². The van der Waals surface area contributed by atoms with Gasteiger partial charge in [-0.25, -0.2) is 14.8 Å². The fraction of sp³-hybridized carbons (Fsp3) is 0.227. The van der Waals surface area contributed by atoms with Crippen LogP contribution >= 0.6 is 0 Å². The van der Waals surface area contributed by atoms with Gasteiger partial charge in [0.15, 0.2) is 0 Å². The highest BCUT2D eigenvalue weighted by molar-refractivity contribution is 5.99. The fourth-order valence-electron chi connectivity index (χ4n) is 3.18. The smallest absolute Gasteiger partial charge is 0.323 e. The fourth-order valence-corrected chi connectivity index (χ4v) is 3.18. The van der Waals surface area contributed by atoms with E-state index in [1.807, 2.05) is 62.0 Å². The molecule has 1 aromatic carbocycles. The summed E-state index contributed by atoms with van der Waals surface area (Å²) in [5.41, 5.74) is 4.67. The number of carbonyl (C=O) groups is 1. The summed E-state index contributed by atoms with van der Waals surface area (Å²) in [5.74, 6) is 0.643. The van der Waals surface area contributed by atoms with Gasteiger partial charge in [0.05, 0.1) is 30.3 Å². The molecule has 158 valence electrons. The lowest BCUT2D eigenvalue weighted by molar-refractivity contribution is 0.262. The Bertz CT molecular complexity index is 1220. The molecule has 3 heterocycles. The molecular formula is C22H24N8O. The zero-order valence-corrected chi connectivity index (χ0v) is 17.6. The average Bonchev–Trinajstić information content (AvgIpc) is 3.16. The van der Waals surface area contributed by atoms with Gasteiger partial charge < -0.3 is 16.0 Å². The number of benzene rings is 1. The molecule has 0 saturated carbocycles. The molecule has 4 aromatic rings. The van der Waals surface area contributed by atoms with Crippen molar-refractivity contribution in [3.63, 3.8) is 0 Å². The number of nitrogens with one attached hydrogen (secondary N) is 3. The van der Waals surface area contributed by atoms with Gasteiger partial charge in [-0.2, -0.15) is 5.10 Å². The molecule has 4 rings (SSSR count). The molecule has 2 amide bonds. The molecule has 0 fully saturated rings. The number of aryl methyl sites for hydroxylation is 2. The highest BCUT2D eigenvalue weighted by Gasteiger charge is 2.11. The van der Waals surface area contributed by atoms with Crippen LogP contribution in [-0.2, 0) is 6.54 Å². The molecule has 31 heavy (non-hydrogen) atoms. The van der Waals surface area contributed by atoms with Crippen LogP contribution < -0.4 is 16.0 Å². The third-order valence-electron chi connectivity index (χ3n) is 4.74. The average molecular weight is 416 g/mol. The topological polar surface area (TPSA) is 110 Å². The van der Waals surface area contributed by atoms with Crippen LogP contribution in [0.2, 0.25) is 0 Å².